The molecule has 0 bridgehead atoms. The number of fused-ring (bicyclic) bond motifs is 1. The first-order chi connectivity index (χ1) is 6.65. The maximum Gasteiger partial charge on any atom is 0.187 e. The van der Waals surface area contributed by atoms with Crippen molar-refractivity contribution in [3.05, 3.63) is 33.8 Å². The van der Waals surface area contributed by atoms with Gasteiger partial charge in [0.15, 0.2) is 16.8 Å². The van der Waals surface area contributed by atoms with Gasteiger partial charge < -0.3 is 0 Å². The van der Waals surface area contributed by atoms with Crippen LogP contribution in [0.5, 0.6) is 0 Å². The largest absolute Gasteiger partial charge is 0.231 e. The highest BCUT2D eigenvalue weighted by atomic mass is 32.1. The molecular formula is C9H4F3OS. The van der Waals surface area contributed by atoms with Crippen molar-refractivity contribution in [3.8, 4) is 0 Å². The molecule has 5 heteroatoms. The van der Waals surface area contributed by atoms with E-state index in [1.165, 1.54) is 6.07 Å². The molecule has 0 aliphatic rings. The molecule has 0 spiro atoms. The van der Waals surface area contributed by atoms with Gasteiger partial charge in [-0.3, -0.25) is 0 Å². The second-order valence-electron chi connectivity index (χ2n) is 2.73. The third-order valence-electron chi connectivity index (χ3n) is 1.94. The van der Waals surface area contributed by atoms with E-state index in [-0.39, 0.29) is 10.3 Å². The lowest BCUT2D eigenvalue weighted by molar-refractivity contribution is 0.181. The van der Waals surface area contributed by atoms with Gasteiger partial charge in [-0.15, -0.1) is 11.3 Å². The standard InChI is InChI=1S/C9H4F3OS/c10-5-2-1-4-6(3-13)14-9(12)7(4)8(5)11/h1-2H,3H2. The Morgan fingerprint density at radius 2 is 1.93 bits per heavy atom. The summed E-state index contributed by atoms with van der Waals surface area (Å²) in [4.78, 5) is 0.191. The summed E-state index contributed by atoms with van der Waals surface area (Å²) in [7, 11) is 0. The van der Waals surface area contributed by atoms with Crippen LogP contribution in [0.1, 0.15) is 4.88 Å². The predicted octanol–water partition coefficient (Wildman–Crippen LogP) is 3.25. The van der Waals surface area contributed by atoms with Crippen LogP contribution in [0.4, 0.5) is 13.2 Å². The molecule has 0 aliphatic carbocycles. The molecular weight excluding hydrogens is 213 g/mol. The molecule has 0 saturated heterocycles. The Kier molecular flexibility index (Phi) is 2.20. The quantitative estimate of drug-likeness (QED) is 0.698. The highest BCUT2D eigenvalue weighted by Crippen LogP contribution is 2.32. The fraction of sp³-hybridized carbons (Fsp3) is 0.111. The van der Waals surface area contributed by atoms with E-state index in [2.05, 4.69) is 0 Å². The molecule has 0 atom stereocenters. The summed E-state index contributed by atoms with van der Waals surface area (Å²) >= 11 is 0.565. The maximum absolute atomic E-state index is 13.1. The number of thiophene rings is 1. The lowest BCUT2D eigenvalue weighted by Crippen LogP contribution is -1.85. The van der Waals surface area contributed by atoms with Gasteiger partial charge in [-0.25, -0.2) is 13.9 Å². The molecule has 2 rings (SSSR count). The monoisotopic (exact) mass is 217 g/mol. The minimum absolute atomic E-state index is 0.168. The lowest BCUT2D eigenvalue weighted by Gasteiger charge is -1.95. The van der Waals surface area contributed by atoms with Gasteiger partial charge >= 0.3 is 0 Å². The van der Waals surface area contributed by atoms with E-state index in [0.29, 0.717) is 11.3 Å². The topological polar surface area (TPSA) is 19.9 Å². The summed E-state index contributed by atoms with van der Waals surface area (Å²) in [5.41, 5.74) is 0. The SMILES string of the molecule is [O]Cc1sc(F)c2c(F)c(F)ccc12. The normalized spacial score (nSPS) is 11.1. The number of hydrogen-bond acceptors (Lipinski definition) is 1. The molecule has 0 amide bonds. The smallest absolute Gasteiger partial charge is 0.187 e. The zero-order valence-electron chi connectivity index (χ0n) is 6.81. The Bertz CT molecular complexity index is 492. The van der Waals surface area contributed by atoms with Crippen molar-refractivity contribution < 1.29 is 18.3 Å². The van der Waals surface area contributed by atoms with Crippen molar-refractivity contribution in [3.63, 3.8) is 0 Å². The van der Waals surface area contributed by atoms with Crippen LogP contribution in [-0.4, -0.2) is 0 Å². The average Bonchev–Trinajstić information content (AvgIpc) is 2.49. The van der Waals surface area contributed by atoms with E-state index in [1.54, 1.807) is 0 Å². The zero-order chi connectivity index (χ0) is 10.3. The first-order valence-electron chi connectivity index (χ1n) is 3.78. The second kappa shape index (κ2) is 3.25. The molecule has 1 nitrogen and oxygen atoms in total. The highest BCUT2D eigenvalue weighted by Gasteiger charge is 2.17. The van der Waals surface area contributed by atoms with Crippen LogP contribution in [0.3, 0.4) is 0 Å². The maximum atomic E-state index is 13.1. The number of halogens is 3. The minimum atomic E-state index is -1.23. The summed E-state index contributed by atoms with van der Waals surface area (Å²) in [6.07, 6.45) is 0. The summed E-state index contributed by atoms with van der Waals surface area (Å²) in [6.45, 7) is -0.629. The van der Waals surface area contributed by atoms with E-state index in [1.807, 2.05) is 0 Å². The van der Waals surface area contributed by atoms with E-state index in [4.69, 9.17) is 0 Å². The molecule has 0 saturated carbocycles. The summed E-state index contributed by atoms with van der Waals surface area (Å²) in [5.74, 6) is -2.33. The Labute approximate surface area is 81.4 Å². The molecule has 0 N–H and O–H groups in total. The van der Waals surface area contributed by atoms with Crippen LogP contribution >= 0.6 is 11.3 Å². The second-order valence-corrected chi connectivity index (χ2v) is 3.78. The number of benzene rings is 1. The van der Waals surface area contributed by atoms with E-state index >= 15 is 0 Å². The van der Waals surface area contributed by atoms with Crippen molar-refractivity contribution in [1.82, 2.24) is 0 Å². The third-order valence-corrected chi connectivity index (χ3v) is 2.90. The van der Waals surface area contributed by atoms with Crippen molar-refractivity contribution in [1.29, 1.82) is 0 Å². The van der Waals surface area contributed by atoms with Gasteiger partial charge in [0.1, 0.15) is 6.61 Å². The first-order valence-corrected chi connectivity index (χ1v) is 4.59. The van der Waals surface area contributed by atoms with Crippen molar-refractivity contribution >= 4 is 22.1 Å². The molecule has 1 aromatic carbocycles. The summed E-state index contributed by atoms with van der Waals surface area (Å²) < 4.78 is 38.9. The lowest BCUT2D eigenvalue weighted by atomic mass is 10.2. The van der Waals surface area contributed by atoms with Gasteiger partial charge in [0.2, 0.25) is 0 Å². The van der Waals surface area contributed by atoms with Crippen molar-refractivity contribution in [2.24, 2.45) is 0 Å². The van der Waals surface area contributed by atoms with Crippen LogP contribution in [-0.2, 0) is 11.7 Å². The van der Waals surface area contributed by atoms with Crippen LogP contribution < -0.4 is 0 Å². The number of rotatable bonds is 1. The minimum Gasteiger partial charge on any atom is -0.231 e. The van der Waals surface area contributed by atoms with E-state index in [0.717, 1.165) is 6.07 Å². The van der Waals surface area contributed by atoms with E-state index < -0.39 is 28.8 Å². The molecule has 1 radical (unpaired) electrons. The average molecular weight is 217 g/mol. The van der Waals surface area contributed by atoms with Gasteiger partial charge in [0.25, 0.3) is 0 Å². The molecule has 0 aliphatic heterocycles. The molecule has 1 heterocycles. The van der Waals surface area contributed by atoms with Gasteiger partial charge in [-0.1, -0.05) is 0 Å². The van der Waals surface area contributed by atoms with Gasteiger partial charge in [-0.2, -0.15) is 4.39 Å². The number of hydrogen-bond donors (Lipinski definition) is 0. The fourth-order valence-electron chi connectivity index (χ4n) is 1.30. The third kappa shape index (κ3) is 1.20. The van der Waals surface area contributed by atoms with Gasteiger partial charge in [0, 0.05) is 10.3 Å². The first kappa shape index (κ1) is 9.48. The van der Waals surface area contributed by atoms with Crippen LogP contribution in [0.2, 0.25) is 0 Å². The molecule has 2 aromatic rings. The Hall–Kier alpha value is -1.07. The molecule has 14 heavy (non-hydrogen) atoms. The van der Waals surface area contributed by atoms with Crippen molar-refractivity contribution in [2.75, 3.05) is 0 Å². The molecule has 73 valence electrons. The fourth-order valence-corrected chi connectivity index (χ4v) is 2.15. The van der Waals surface area contributed by atoms with Crippen LogP contribution in [0, 0.1) is 16.8 Å². The zero-order valence-corrected chi connectivity index (χ0v) is 7.63. The van der Waals surface area contributed by atoms with Gasteiger partial charge in [-0.05, 0) is 12.1 Å². The Balaban J connectivity index is 2.89. The summed E-state index contributed by atoms with van der Waals surface area (Å²) in [5, 5.41) is 9.49. The highest BCUT2D eigenvalue weighted by molar-refractivity contribution is 7.12. The molecule has 0 fully saturated rings. The van der Waals surface area contributed by atoms with Crippen LogP contribution in [0.25, 0.3) is 10.8 Å². The summed E-state index contributed by atoms with van der Waals surface area (Å²) in [6, 6.07) is 2.11. The predicted molar refractivity (Wildman–Crippen MR) is 46.1 cm³/mol. The molecule has 0 unspecified atom stereocenters. The van der Waals surface area contributed by atoms with Crippen molar-refractivity contribution in [2.45, 2.75) is 6.61 Å². The van der Waals surface area contributed by atoms with Crippen LogP contribution in [0.15, 0.2) is 12.1 Å². The Morgan fingerprint density at radius 3 is 2.57 bits per heavy atom. The van der Waals surface area contributed by atoms with E-state index in [9.17, 15) is 18.3 Å². The molecule has 1 aromatic heterocycles. The van der Waals surface area contributed by atoms with Gasteiger partial charge in [0.05, 0.1) is 5.39 Å². The Morgan fingerprint density at radius 1 is 1.21 bits per heavy atom.